The number of benzene rings is 1. The minimum absolute atomic E-state index is 0.291. The van der Waals surface area contributed by atoms with Crippen molar-refractivity contribution in [2.24, 2.45) is 5.41 Å². The van der Waals surface area contributed by atoms with Crippen LogP contribution in [0, 0.1) is 5.41 Å². The number of piperidine rings is 1. The molecule has 7 nitrogen and oxygen atoms in total. The number of anilines is 2. The number of hydrogen-bond donors (Lipinski definition) is 1. The third-order valence-electron chi connectivity index (χ3n) is 6.15. The zero-order valence-corrected chi connectivity index (χ0v) is 17.6. The third kappa shape index (κ3) is 3.12. The van der Waals surface area contributed by atoms with Gasteiger partial charge in [-0.15, -0.1) is 0 Å². The molecule has 0 amide bonds. The first-order chi connectivity index (χ1) is 14.0. The fraction of sp³-hybridized carbons (Fsp3) is 0.450. The zero-order valence-electron chi connectivity index (χ0n) is 16.1. The normalized spacial score (nSPS) is 21.3. The molecule has 1 spiro atoms. The van der Waals surface area contributed by atoms with Gasteiger partial charge in [-0.25, -0.2) is 14.5 Å². The maximum atomic E-state index is 6.44. The molecule has 2 fully saturated rings. The molecule has 0 bridgehead atoms. The Balaban J connectivity index is 1.53. The SMILES string of the molecule is C[C@H]1CC2(CCN(c3nc(N)c(-c4cccc(Cl)c4Cl)n4ncnc34)CC2)CO1. The van der Waals surface area contributed by atoms with Crippen molar-refractivity contribution in [1.29, 1.82) is 0 Å². The monoisotopic (exact) mass is 432 g/mol. The predicted molar refractivity (Wildman–Crippen MR) is 115 cm³/mol. The van der Waals surface area contributed by atoms with Crippen LogP contribution in [0.15, 0.2) is 24.5 Å². The lowest BCUT2D eigenvalue weighted by Crippen LogP contribution is -2.41. The highest BCUT2D eigenvalue weighted by molar-refractivity contribution is 6.43. The summed E-state index contributed by atoms with van der Waals surface area (Å²) in [5.41, 5.74) is 8.62. The van der Waals surface area contributed by atoms with Gasteiger partial charge in [0, 0.05) is 18.7 Å². The van der Waals surface area contributed by atoms with E-state index in [0.29, 0.717) is 44.3 Å². The zero-order chi connectivity index (χ0) is 20.2. The van der Waals surface area contributed by atoms with Crippen LogP contribution >= 0.6 is 23.2 Å². The second-order valence-corrected chi connectivity index (χ2v) is 8.86. The molecule has 152 valence electrons. The molecule has 9 heteroatoms. The minimum Gasteiger partial charge on any atom is -0.382 e. The van der Waals surface area contributed by atoms with Gasteiger partial charge in [-0.1, -0.05) is 35.3 Å². The summed E-state index contributed by atoms with van der Waals surface area (Å²) in [7, 11) is 0. The number of ether oxygens (including phenoxy) is 1. The third-order valence-corrected chi connectivity index (χ3v) is 6.97. The van der Waals surface area contributed by atoms with E-state index >= 15 is 0 Å². The first kappa shape index (κ1) is 18.9. The van der Waals surface area contributed by atoms with E-state index in [-0.39, 0.29) is 0 Å². The number of halogens is 2. The van der Waals surface area contributed by atoms with Crippen molar-refractivity contribution in [2.45, 2.75) is 32.3 Å². The van der Waals surface area contributed by atoms with E-state index in [1.807, 2.05) is 12.1 Å². The van der Waals surface area contributed by atoms with Crippen molar-refractivity contribution in [3.8, 4) is 11.3 Å². The molecule has 2 aliphatic heterocycles. The highest BCUT2D eigenvalue weighted by Gasteiger charge is 2.41. The molecule has 5 rings (SSSR count). The van der Waals surface area contributed by atoms with Gasteiger partial charge in [0.15, 0.2) is 17.3 Å². The second kappa shape index (κ2) is 7.00. The number of fused-ring (bicyclic) bond motifs is 1. The van der Waals surface area contributed by atoms with Crippen molar-refractivity contribution in [2.75, 3.05) is 30.3 Å². The van der Waals surface area contributed by atoms with Crippen molar-refractivity contribution >= 4 is 40.5 Å². The Morgan fingerprint density at radius 1 is 1.24 bits per heavy atom. The van der Waals surface area contributed by atoms with Gasteiger partial charge in [0.2, 0.25) is 0 Å². The van der Waals surface area contributed by atoms with Crippen LogP contribution in [0.25, 0.3) is 16.9 Å². The summed E-state index contributed by atoms with van der Waals surface area (Å²) >= 11 is 12.6. The lowest BCUT2D eigenvalue weighted by atomic mass is 9.77. The van der Waals surface area contributed by atoms with Crippen LogP contribution in [0.3, 0.4) is 0 Å². The number of nitrogens with two attached hydrogens (primary N) is 1. The van der Waals surface area contributed by atoms with E-state index < -0.39 is 0 Å². The van der Waals surface area contributed by atoms with Crippen molar-refractivity contribution < 1.29 is 4.74 Å². The maximum absolute atomic E-state index is 6.44. The minimum atomic E-state index is 0.291. The molecule has 3 aromatic rings. The average Bonchev–Trinajstić information content (AvgIpc) is 3.32. The molecule has 0 saturated carbocycles. The first-order valence-corrected chi connectivity index (χ1v) is 10.5. The largest absolute Gasteiger partial charge is 0.382 e. The van der Waals surface area contributed by atoms with E-state index in [1.165, 1.54) is 6.33 Å². The van der Waals surface area contributed by atoms with Gasteiger partial charge < -0.3 is 15.4 Å². The Morgan fingerprint density at radius 2 is 2.03 bits per heavy atom. The lowest BCUT2D eigenvalue weighted by Gasteiger charge is -2.39. The number of nitrogens with zero attached hydrogens (tertiary/aromatic N) is 5. The average molecular weight is 433 g/mol. The molecular formula is C20H22Cl2N6O. The fourth-order valence-electron chi connectivity index (χ4n) is 4.62. The summed E-state index contributed by atoms with van der Waals surface area (Å²) < 4.78 is 7.55. The van der Waals surface area contributed by atoms with Crippen LogP contribution in [0.2, 0.25) is 10.0 Å². The molecule has 1 aromatic carbocycles. The first-order valence-electron chi connectivity index (χ1n) is 9.78. The Morgan fingerprint density at radius 3 is 2.76 bits per heavy atom. The summed E-state index contributed by atoms with van der Waals surface area (Å²) in [5.74, 6) is 1.10. The smallest absolute Gasteiger partial charge is 0.199 e. The number of aromatic nitrogens is 4. The van der Waals surface area contributed by atoms with Crippen molar-refractivity contribution in [3.63, 3.8) is 0 Å². The molecule has 4 heterocycles. The summed E-state index contributed by atoms with van der Waals surface area (Å²) in [6, 6.07) is 5.42. The van der Waals surface area contributed by atoms with E-state index in [2.05, 4.69) is 21.9 Å². The highest BCUT2D eigenvalue weighted by atomic mass is 35.5. The van der Waals surface area contributed by atoms with Crippen LogP contribution in [0.4, 0.5) is 11.6 Å². The van der Waals surface area contributed by atoms with Crippen molar-refractivity contribution in [1.82, 2.24) is 19.6 Å². The highest BCUT2D eigenvalue weighted by Crippen LogP contribution is 2.43. The van der Waals surface area contributed by atoms with Gasteiger partial charge in [0.1, 0.15) is 12.0 Å². The van der Waals surface area contributed by atoms with Crippen LogP contribution in [-0.2, 0) is 4.74 Å². The summed E-state index contributed by atoms with van der Waals surface area (Å²) in [4.78, 5) is 11.4. The Kier molecular flexibility index (Phi) is 4.57. The molecule has 0 unspecified atom stereocenters. The molecule has 0 aliphatic carbocycles. The van der Waals surface area contributed by atoms with Gasteiger partial charge in [-0.3, -0.25) is 0 Å². The quantitative estimate of drug-likeness (QED) is 0.656. The van der Waals surface area contributed by atoms with E-state index in [0.717, 1.165) is 44.8 Å². The summed E-state index contributed by atoms with van der Waals surface area (Å²) in [6.45, 7) is 4.79. The maximum Gasteiger partial charge on any atom is 0.199 e. The molecule has 2 aliphatic rings. The van der Waals surface area contributed by atoms with Crippen LogP contribution in [-0.4, -0.2) is 45.4 Å². The lowest BCUT2D eigenvalue weighted by molar-refractivity contribution is 0.0976. The second-order valence-electron chi connectivity index (χ2n) is 8.08. The van der Waals surface area contributed by atoms with Gasteiger partial charge in [0.05, 0.1) is 22.8 Å². The molecule has 29 heavy (non-hydrogen) atoms. The predicted octanol–water partition coefficient (Wildman–Crippen LogP) is 4.08. The Bertz CT molecular complexity index is 1080. The van der Waals surface area contributed by atoms with Crippen LogP contribution in [0.5, 0.6) is 0 Å². The topological polar surface area (TPSA) is 81.6 Å². The fourth-order valence-corrected chi connectivity index (χ4v) is 5.01. The molecular weight excluding hydrogens is 411 g/mol. The van der Waals surface area contributed by atoms with Crippen LogP contribution < -0.4 is 10.6 Å². The summed E-state index contributed by atoms with van der Waals surface area (Å²) in [6.07, 6.45) is 5.13. The molecule has 0 radical (unpaired) electrons. The van der Waals surface area contributed by atoms with Gasteiger partial charge >= 0.3 is 0 Å². The number of hydrogen-bond acceptors (Lipinski definition) is 6. The number of rotatable bonds is 2. The van der Waals surface area contributed by atoms with E-state index in [1.54, 1.807) is 10.6 Å². The molecule has 2 N–H and O–H groups in total. The standard InChI is InChI=1S/C20H22Cl2N6O/c1-12-9-20(10-29-12)5-7-27(8-6-20)19-18-24-11-25-28(18)16(17(23)26-19)13-3-2-4-14(21)15(13)22/h2-4,11-12H,5-10,23H2,1H3/t12-/m0/s1. The Labute approximate surface area is 178 Å². The van der Waals surface area contributed by atoms with E-state index in [9.17, 15) is 0 Å². The van der Waals surface area contributed by atoms with Crippen LogP contribution in [0.1, 0.15) is 26.2 Å². The Hall–Kier alpha value is -2.09. The summed E-state index contributed by atoms with van der Waals surface area (Å²) in [5, 5.41) is 5.27. The molecule has 2 saturated heterocycles. The molecule has 2 aromatic heterocycles. The van der Waals surface area contributed by atoms with Gasteiger partial charge in [0.25, 0.3) is 0 Å². The van der Waals surface area contributed by atoms with Crippen molar-refractivity contribution in [3.05, 3.63) is 34.6 Å². The number of nitrogen functional groups attached to an aromatic ring is 1. The van der Waals surface area contributed by atoms with Gasteiger partial charge in [-0.2, -0.15) is 5.10 Å². The molecule has 1 atom stereocenters. The van der Waals surface area contributed by atoms with Gasteiger partial charge in [-0.05, 0) is 37.7 Å². The van der Waals surface area contributed by atoms with E-state index in [4.69, 9.17) is 38.7 Å².